The quantitative estimate of drug-likeness (QED) is 0.624. The molecular weight excluding hydrogens is 410 g/mol. The van der Waals surface area contributed by atoms with Gasteiger partial charge in [0.05, 0.1) is 30.2 Å². The Labute approximate surface area is 188 Å². The van der Waals surface area contributed by atoms with Crippen molar-refractivity contribution in [3.05, 3.63) is 64.8 Å². The molecule has 1 spiro atoms. The normalized spacial score (nSPS) is 17.3. The second-order valence-corrected chi connectivity index (χ2v) is 9.21. The van der Waals surface area contributed by atoms with Gasteiger partial charge in [-0.2, -0.15) is 0 Å². The average Bonchev–Trinajstić information content (AvgIpc) is 3.24. The molecule has 2 aromatic heterocycles. The van der Waals surface area contributed by atoms with Gasteiger partial charge in [-0.15, -0.1) is 0 Å². The summed E-state index contributed by atoms with van der Waals surface area (Å²) in [6.07, 6.45) is 5.89. The second-order valence-electron chi connectivity index (χ2n) is 8.81. The van der Waals surface area contributed by atoms with E-state index in [1.54, 1.807) is 7.11 Å². The minimum absolute atomic E-state index is 0.134. The zero-order valence-corrected chi connectivity index (χ0v) is 19.0. The lowest BCUT2D eigenvalue weighted by Crippen LogP contribution is -2.49. The minimum atomic E-state index is -0.134. The second kappa shape index (κ2) is 7.84. The molecule has 0 radical (unpaired) electrons. The molecule has 2 aliphatic heterocycles. The highest BCUT2D eigenvalue weighted by molar-refractivity contribution is 6.31. The Morgan fingerprint density at radius 3 is 2.74 bits per heavy atom. The summed E-state index contributed by atoms with van der Waals surface area (Å²) in [6.45, 7) is 7.14. The molecule has 1 N–H and O–H groups in total. The van der Waals surface area contributed by atoms with Crippen molar-refractivity contribution in [2.24, 2.45) is 0 Å². The molecule has 162 valence electrons. The number of piperidine rings is 1. The highest BCUT2D eigenvalue weighted by Crippen LogP contribution is 2.44. The number of hydrogen-bond acceptors (Lipinski definition) is 5. The maximum absolute atomic E-state index is 6.46. The van der Waals surface area contributed by atoms with Crippen molar-refractivity contribution < 1.29 is 4.74 Å². The van der Waals surface area contributed by atoms with Gasteiger partial charge in [0.1, 0.15) is 11.6 Å². The van der Waals surface area contributed by atoms with Crippen LogP contribution in [-0.4, -0.2) is 39.6 Å². The van der Waals surface area contributed by atoms with Crippen molar-refractivity contribution in [2.45, 2.75) is 44.7 Å². The maximum Gasteiger partial charge on any atom is 0.161 e. The first-order valence-corrected chi connectivity index (χ1v) is 11.2. The fraction of sp³-hybridized carbons (Fsp3) is 0.417. The Kier molecular flexibility index (Phi) is 5.15. The summed E-state index contributed by atoms with van der Waals surface area (Å²) in [5.41, 5.74) is 3.28. The van der Waals surface area contributed by atoms with Gasteiger partial charge in [0.2, 0.25) is 0 Å². The molecule has 0 atom stereocenters. The summed E-state index contributed by atoms with van der Waals surface area (Å²) in [4.78, 5) is 11.9. The smallest absolute Gasteiger partial charge is 0.161 e. The van der Waals surface area contributed by atoms with E-state index in [2.05, 4.69) is 45.9 Å². The third kappa shape index (κ3) is 3.48. The average molecular weight is 438 g/mol. The van der Waals surface area contributed by atoms with Crippen LogP contribution in [0.4, 0.5) is 5.69 Å². The van der Waals surface area contributed by atoms with Gasteiger partial charge in [-0.1, -0.05) is 25.4 Å². The topological polar surface area (TPSA) is 55.2 Å². The molecule has 0 saturated carbocycles. The summed E-state index contributed by atoms with van der Waals surface area (Å²) >= 11 is 6.46. The summed E-state index contributed by atoms with van der Waals surface area (Å²) in [7, 11) is 1.69. The van der Waals surface area contributed by atoms with E-state index >= 15 is 0 Å². The minimum Gasteiger partial charge on any atom is -0.497 e. The number of rotatable bonds is 4. The van der Waals surface area contributed by atoms with E-state index in [1.807, 2.05) is 30.5 Å². The number of methoxy groups -OCH3 is 1. The van der Waals surface area contributed by atoms with Crippen molar-refractivity contribution in [1.82, 2.24) is 19.4 Å². The van der Waals surface area contributed by atoms with Gasteiger partial charge in [0.25, 0.3) is 0 Å². The molecule has 1 saturated heterocycles. The Balaban J connectivity index is 1.42. The van der Waals surface area contributed by atoms with Crippen LogP contribution < -0.4 is 10.1 Å². The Morgan fingerprint density at radius 2 is 2.00 bits per heavy atom. The number of nitrogens with zero attached hydrogens (tertiary/aromatic N) is 4. The zero-order chi connectivity index (χ0) is 21.6. The lowest BCUT2D eigenvalue weighted by molar-refractivity contribution is 0.161. The van der Waals surface area contributed by atoms with Gasteiger partial charge >= 0.3 is 0 Å². The zero-order valence-electron chi connectivity index (χ0n) is 18.2. The lowest BCUT2D eigenvalue weighted by Gasteiger charge is -2.46. The van der Waals surface area contributed by atoms with Crippen molar-refractivity contribution in [3.63, 3.8) is 0 Å². The van der Waals surface area contributed by atoms with E-state index in [0.29, 0.717) is 5.92 Å². The predicted molar refractivity (Wildman–Crippen MR) is 123 cm³/mol. The molecule has 4 heterocycles. The monoisotopic (exact) mass is 437 g/mol. The van der Waals surface area contributed by atoms with Crippen LogP contribution in [0.5, 0.6) is 5.75 Å². The van der Waals surface area contributed by atoms with Crippen molar-refractivity contribution in [1.29, 1.82) is 0 Å². The molecule has 0 bridgehead atoms. The summed E-state index contributed by atoms with van der Waals surface area (Å²) < 4.78 is 7.66. The first-order valence-electron chi connectivity index (χ1n) is 10.9. The molecular formula is C24H28ClN5O. The molecule has 2 aliphatic rings. The predicted octanol–water partition coefficient (Wildman–Crippen LogP) is 4.97. The standard InChI is InChI=1S/C24H28ClN5O/c1-16(2)22-27-14-21-24(28-20-5-4-10-26-23(20)30(21)22)8-11-29(12-9-24)15-17-13-18(31-3)6-7-19(17)25/h4-7,10,13-14,16,28H,8-9,11-12,15H2,1-3H3. The number of halogens is 1. The number of pyridine rings is 1. The summed E-state index contributed by atoms with van der Waals surface area (Å²) in [6, 6.07) is 9.98. The fourth-order valence-corrected chi connectivity index (χ4v) is 5.02. The largest absolute Gasteiger partial charge is 0.497 e. The summed E-state index contributed by atoms with van der Waals surface area (Å²) in [5, 5.41) is 4.63. The van der Waals surface area contributed by atoms with Crippen LogP contribution in [0.15, 0.2) is 42.7 Å². The summed E-state index contributed by atoms with van der Waals surface area (Å²) in [5.74, 6) is 3.20. The van der Waals surface area contributed by atoms with E-state index < -0.39 is 0 Å². The number of anilines is 1. The fourth-order valence-electron chi connectivity index (χ4n) is 4.84. The Bertz CT molecular complexity index is 1100. The van der Waals surface area contributed by atoms with Crippen LogP contribution in [0, 0.1) is 0 Å². The van der Waals surface area contributed by atoms with Gasteiger partial charge in [-0.25, -0.2) is 9.97 Å². The molecule has 0 unspecified atom stereocenters. The highest BCUT2D eigenvalue weighted by atomic mass is 35.5. The van der Waals surface area contributed by atoms with Crippen LogP contribution in [0.25, 0.3) is 5.82 Å². The maximum atomic E-state index is 6.46. The molecule has 0 amide bonds. The first kappa shape index (κ1) is 20.3. The van der Waals surface area contributed by atoms with Crippen LogP contribution in [0.1, 0.15) is 49.7 Å². The molecule has 1 fully saturated rings. The first-order chi connectivity index (χ1) is 15.0. The number of fused-ring (bicyclic) bond motifs is 4. The van der Waals surface area contributed by atoms with Crippen LogP contribution in [0.2, 0.25) is 5.02 Å². The van der Waals surface area contributed by atoms with E-state index in [4.69, 9.17) is 21.3 Å². The Morgan fingerprint density at radius 1 is 1.19 bits per heavy atom. The van der Waals surface area contributed by atoms with Gasteiger partial charge < -0.3 is 10.1 Å². The van der Waals surface area contributed by atoms with Gasteiger partial charge in [0, 0.05) is 36.8 Å². The SMILES string of the molecule is COc1ccc(Cl)c(CN2CCC3(CC2)Nc2cccnc2-n2c3cnc2C(C)C)c1. The van der Waals surface area contributed by atoms with Gasteiger partial charge in [-0.05, 0) is 48.7 Å². The van der Waals surface area contributed by atoms with E-state index in [0.717, 1.165) is 66.1 Å². The van der Waals surface area contributed by atoms with Crippen molar-refractivity contribution in [2.75, 3.05) is 25.5 Å². The van der Waals surface area contributed by atoms with Crippen LogP contribution in [0.3, 0.4) is 0 Å². The van der Waals surface area contributed by atoms with Gasteiger partial charge in [-0.3, -0.25) is 9.47 Å². The van der Waals surface area contributed by atoms with Crippen molar-refractivity contribution >= 4 is 17.3 Å². The van der Waals surface area contributed by atoms with E-state index in [9.17, 15) is 0 Å². The van der Waals surface area contributed by atoms with E-state index in [-0.39, 0.29) is 5.54 Å². The lowest BCUT2D eigenvalue weighted by atomic mass is 9.82. The highest BCUT2D eigenvalue weighted by Gasteiger charge is 2.43. The molecule has 7 heteroatoms. The number of hydrogen-bond donors (Lipinski definition) is 1. The Hall–Kier alpha value is -2.57. The van der Waals surface area contributed by atoms with Crippen LogP contribution >= 0.6 is 11.6 Å². The number of aromatic nitrogens is 3. The number of ether oxygens (including phenoxy) is 1. The number of nitrogens with one attached hydrogen (secondary N) is 1. The van der Waals surface area contributed by atoms with Gasteiger partial charge in [0.15, 0.2) is 5.82 Å². The molecule has 3 aromatic rings. The molecule has 1 aromatic carbocycles. The molecule has 0 aliphatic carbocycles. The molecule has 31 heavy (non-hydrogen) atoms. The van der Waals surface area contributed by atoms with Crippen molar-refractivity contribution in [3.8, 4) is 11.6 Å². The molecule has 6 nitrogen and oxygen atoms in total. The number of benzene rings is 1. The number of imidazole rings is 1. The molecule has 5 rings (SSSR count). The van der Waals surface area contributed by atoms with E-state index in [1.165, 1.54) is 5.69 Å². The van der Waals surface area contributed by atoms with Crippen LogP contribution in [-0.2, 0) is 12.1 Å². The third-order valence-corrected chi connectivity index (χ3v) is 6.89. The number of likely N-dealkylation sites (tertiary alicyclic amines) is 1. The third-order valence-electron chi connectivity index (χ3n) is 6.52.